The van der Waals surface area contributed by atoms with Gasteiger partial charge in [0.2, 0.25) is 5.91 Å². The van der Waals surface area contributed by atoms with Crippen molar-refractivity contribution in [2.24, 2.45) is 5.92 Å². The Bertz CT molecular complexity index is 429. The van der Waals surface area contributed by atoms with E-state index in [1.54, 1.807) is 16.7 Å². The number of rotatable bonds is 5. The lowest BCUT2D eigenvalue weighted by Gasteiger charge is -2.36. The van der Waals surface area contributed by atoms with Gasteiger partial charge in [0.1, 0.15) is 0 Å². The number of carboxylic acids is 1. The highest BCUT2D eigenvalue weighted by molar-refractivity contribution is 7.99. The van der Waals surface area contributed by atoms with Crippen LogP contribution in [0.25, 0.3) is 0 Å². The fourth-order valence-corrected chi connectivity index (χ4v) is 2.63. The van der Waals surface area contributed by atoms with E-state index in [4.69, 9.17) is 5.11 Å². The van der Waals surface area contributed by atoms with Crippen LogP contribution in [0.5, 0.6) is 0 Å². The SMILES string of the molecule is O=C(O)C1CN(C(=O)CCSc2ccccc2)C1. The average molecular weight is 265 g/mol. The van der Waals surface area contributed by atoms with E-state index < -0.39 is 5.97 Å². The molecule has 0 radical (unpaired) electrons. The van der Waals surface area contributed by atoms with Gasteiger partial charge in [-0.25, -0.2) is 0 Å². The molecule has 4 nitrogen and oxygen atoms in total. The normalized spacial score (nSPS) is 15.2. The molecule has 1 fully saturated rings. The first-order valence-electron chi connectivity index (χ1n) is 5.85. The molecule has 1 heterocycles. The highest BCUT2D eigenvalue weighted by Crippen LogP contribution is 2.20. The van der Waals surface area contributed by atoms with Crippen LogP contribution in [-0.4, -0.2) is 40.7 Å². The van der Waals surface area contributed by atoms with E-state index in [1.165, 1.54) is 0 Å². The van der Waals surface area contributed by atoms with Crippen LogP contribution in [-0.2, 0) is 9.59 Å². The predicted octanol–water partition coefficient (Wildman–Crippen LogP) is 1.71. The highest BCUT2D eigenvalue weighted by Gasteiger charge is 2.34. The van der Waals surface area contributed by atoms with Crippen molar-refractivity contribution >= 4 is 23.6 Å². The topological polar surface area (TPSA) is 57.6 Å². The second-order valence-corrected chi connectivity index (χ2v) is 5.41. The molecule has 0 aliphatic carbocycles. The smallest absolute Gasteiger partial charge is 0.310 e. The van der Waals surface area contributed by atoms with Crippen molar-refractivity contribution in [2.45, 2.75) is 11.3 Å². The minimum atomic E-state index is -0.808. The number of carboxylic acid groups (broad SMARTS) is 1. The van der Waals surface area contributed by atoms with E-state index in [0.29, 0.717) is 19.5 Å². The number of likely N-dealkylation sites (tertiary alicyclic amines) is 1. The Hall–Kier alpha value is -1.49. The van der Waals surface area contributed by atoms with E-state index in [9.17, 15) is 9.59 Å². The molecule has 1 aliphatic rings. The molecule has 1 aromatic carbocycles. The molecule has 5 heteroatoms. The number of aliphatic carboxylic acids is 1. The lowest BCUT2D eigenvalue weighted by molar-refractivity contribution is -0.152. The quantitative estimate of drug-likeness (QED) is 0.823. The zero-order valence-electron chi connectivity index (χ0n) is 9.91. The molecular formula is C13H15NO3S. The summed E-state index contributed by atoms with van der Waals surface area (Å²) in [5, 5.41) is 8.72. The van der Waals surface area contributed by atoms with Crippen LogP contribution in [0.1, 0.15) is 6.42 Å². The molecule has 0 bridgehead atoms. The summed E-state index contributed by atoms with van der Waals surface area (Å²) in [6.45, 7) is 0.730. The molecule has 1 amide bonds. The third-order valence-electron chi connectivity index (χ3n) is 2.91. The molecule has 2 rings (SSSR count). The van der Waals surface area contributed by atoms with Crippen molar-refractivity contribution in [1.29, 1.82) is 0 Å². The van der Waals surface area contributed by atoms with Gasteiger partial charge in [-0.1, -0.05) is 18.2 Å². The number of carbonyl (C=O) groups excluding carboxylic acids is 1. The van der Waals surface area contributed by atoms with Crippen LogP contribution in [0.3, 0.4) is 0 Å². The van der Waals surface area contributed by atoms with Gasteiger partial charge in [0.25, 0.3) is 0 Å². The molecule has 1 N–H and O–H groups in total. The summed E-state index contributed by atoms with van der Waals surface area (Å²) in [6.07, 6.45) is 0.464. The Balaban J connectivity index is 1.66. The maximum Gasteiger partial charge on any atom is 0.310 e. The van der Waals surface area contributed by atoms with Gasteiger partial charge in [0.05, 0.1) is 5.92 Å². The van der Waals surface area contributed by atoms with Gasteiger partial charge < -0.3 is 10.0 Å². The van der Waals surface area contributed by atoms with Crippen molar-refractivity contribution in [1.82, 2.24) is 4.90 Å². The van der Waals surface area contributed by atoms with E-state index in [0.717, 1.165) is 10.6 Å². The Labute approximate surface area is 110 Å². The van der Waals surface area contributed by atoms with E-state index in [-0.39, 0.29) is 11.8 Å². The number of benzene rings is 1. The number of amides is 1. The van der Waals surface area contributed by atoms with Crippen LogP contribution in [0.2, 0.25) is 0 Å². The standard InChI is InChI=1S/C13H15NO3S/c15-12(14-8-10(9-14)13(16)17)6-7-18-11-4-2-1-3-5-11/h1-5,10H,6-9H2,(H,16,17). The van der Waals surface area contributed by atoms with Gasteiger partial charge in [0.15, 0.2) is 0 Å². The van der Waals surface area contributed by atoms with Crippen LogP contribution in [0.4, 0.5) is 0 Å². The van der Waals surface area contributed by atoms with E-state index in [1.807, 2.05) is 30.3 Å². The average Bonchev–Trinajstić information content (AvgIpc) is 2.28. The monoisotopic (exact) mass is 265 g/mol. The largest absolute Gasteiger partial charge is 0.481 e. The number of hydrogen-bond acceptors (Lipinski definition) is 3. The van der Waals surface area contributed by atoms with Crippen molar-refractivity contribution in [3.8, 4) is 0 Å². The van der Waals surface area contributed by atoms with E-state index in [2.05, 4.69) is 0 Å². The van der Waals surface area contributed by atoms with Crippen LogP contribution < -0.4 is 0 Å². The maximum atomic E-state index is 11.7. The van der Waals surface area contributed by atoms with E-state index >= 15 is 0 Å². The fraction of sp³-hybridized carbons (Fsp3) is 0.385. The predicted molar refractivity (Wildman–Crippen MR) is 69.5 cm³/mol. The molecule has 96 valence electrons. The molecule has 1 aromatic rings. The summed E-state index contributed by atoms with van der Waals surface area (Å²) in [5.41, 5.74) is 0. The van der Waals surface area contributed by atoms with Crippen molar-refractivity contribution < 1.29 is 14.7 Å². The number of hydrogen-bond donors (Lipinski definition) is 1. The Morgan fingerprint density at radius 2 is 1.94 bits per heavy atom. The Kier molecular flexibility index (Phi) is 4.25. The summed E-state index contributed by atoms with van der Waals surface area (Å²) in [5.74, 6) is -0.388. The summed E-state index contributed by atoms with van der Waals surface area (Å²) in [4.78, 5) is 25.1. The van der Waals surface area contributed by atoms with Crippen LogP contribution in [0, 0.1) is 5.92 Å². The first kappa shape index (κ1) is 13.0. The number of carbonyl (C=O) groups is 2. The van der Waals surface area contributed by atoms with Crippen LogP contribution >= 0.6 is 11.8 Å². The molecule has 0 saturated carbocycles. The minimum Gasteiger partial charge on any atom is -0.481 e. The Morgan fingerprint density at radius 1 is 1.28 bits per heavy atom. The zero-order chi connectivity index (χ0) is 13.0. The summed E-state index contributed by atoms with van der Waals surface area (Å²) >= 11 is 1.64. The van der Waals surface area contributed by atoms with Crippen molar-refractivity contribution in [2.75, 3.05) is 18.8 Å². The zero-order valence-corrected chi connectivity index (χ0v) is 10.7. The first-order chi connectivity index (χ1) is 8.66. The molecular weight excluding hydrogens is 250 g/mol. The highest BCUT2D eigenvalue weighted by atomic mass is 32.2. The fourth-order valence-electron chi connectivity index (χ4n) is 1.77. The molecule has 0 atom stereocenters. The van der Waals surface area contributed by atoms with Crippen molar-refractivity contribution in [3.63, 3.8) is 0 Å². The van der Waals surface area contributed by atoms with Crippen molar-refractivity contribution in [3.05, 3.63) is 30.3 Å². The minimum absolute atomic E-state index is 0.0518. The molecule has 0 aromatic heterocycles. The van der Waals surface area contributed by atoms with Gasteiger partial charge in [-0.2, -0.15) is 0 Å². The number of nitrogens with zero attached hydrogens (tertiary/aromatic N) is 1. The molecule has 0 unspecified atom stereocenters. The molecule has 1 aliphatic heterocycles. The van der Waals surface area contributed by atoms with Gasteiger partial charge in [-0.15, -0.1) is 11.8 Å². The third kappa shape index (κ3) is 3.26. The Morgan fingerprint density at radius 3 is 2.56 bits per heavy atom. The third-order valence-corrected chi connectivity index (χ3v) is 3.93. The van der Waals surface area contributed by atoms with Gasteiger partial charge in [0, 0.05) is 30.2 Å². The summed E-state index contributed by atoms with van der Waals surface area (Å²) in [7, 11) is 0. The summed E-state index contributed by atoms with van der Waals surface area (Å²) in [6, 6.07) is 9.92. The molecule has 1 saturated heterocycles. The number of thioether (sulfide) groups is 1. The lowest BCUT2D eigenvalue weighted by Crippen LogP contribution is -2.53. The lowest BCUT2D eigenvalue weighted by atomic mass is 10.0. The second-order valence-electron chi connectivity index (χ2n) is 4.25. The molecule has 18 heavy (non-hydrogen) atoms. The van der Waals surface area contributed by atoms with Crippen LogP contribution in [0.15, 0.2) is 35.2 Å². The first-order valence-corrected chi connectivity index (χ1v) is 6.84. The molecule has 0 spiro atoms. The maximum absolute atomic E-state index is 11.7. The van der Waals surface area contributed by atoms with Gasteiger partial charge >= 0.3 is 5.97 Å². The van der Waals surface area contributed by atoms with Gasteiger partial charge in [-0.05, 0) is 12.1 Å². The second kappa shape index (κ2) is 5.91. The summed E-state index contributed by atoms with van der Waals surface area (Å²) < 4.78 is 0. The van der Waals surface area contributed by atoms with Gasteiger partial charge in [-0.3, -0.25) is 9.59 Å².